The highest BCUT2D eigenvalue weighted by Gasteiger charge is 2.31. The lowest BCUT2D eigenvalue weighted by molar-refractivity contribution is -0.274. The van der Waals surface area contributed by atoms with E-state index in [1.807, 2.05) is 5.92 Å². The molecule has 0 amide bonds. The van der Waals surface area contributed by atoms with Gasteiger partial charge in [0.25, 0.3) is 0 Å². The Morgan fingerprint density at radius 1 is 0.889 bits per heavy atom. The van der Waals surface area contributed by atoms with Gasteiger partial charge in [-0.05, 0) is 37.1 Å². The third-order valence-electron chi connectivity index (χ3n) is 3.37. The summed E-state index contributed by atoms with van der Waals surface area (Å²) in [5.41, 5.74) is -1.80. The van der Waals surface area contributed by atoms with Crippen molar-refractivity contribution in [1.82, 2.24) is 0 Å². The molecule has 1 nitrogen and oxygen atoms in total. The Labute approximate surface area is 150 Å². The summed E-state index contributed by atoms with van der Waals surface area (Å²) in [7, 11) is 0. The quantitative estimate of drug-likeness (QED) is 0.284. The standard InChI is InChI=1S/C19H11F7O/c1-2-3-4-13-15(20)17(22)14(18(23)16(13)21)10-7-11-5-8-12(9-6-11)27-19(24,25)26/h2,5-6,8-9H,1,3-4H2. The third kappa shape index (κ3) is 5.03. The number of benzene rings is 2. The molecular formula is C19H11F7O. The fraction of sp³-hybridized carbons (Fsp3) is 0.158. The molecule has 0 radical (unpaired) electrons. The molecule has 0 saturated carbocycles. The fourth-order valence-electron chi connectivity index (χ4n) is 2.13. The van der Waals surface area contributed by atoms with Crippen LogP contribution in [0, 0.1) is 35.1 Å². The second kappa shape index (κ2) is 8.16. The molecule has 0 bridgehead atoms. The predicted octanol–water partition coefficient (Wildman–Crippen LogP) is 5.66. The van der Waals surface area contributed by atoms with E-state index in [0.717, 1.165) is 24.3 Å². The van der Waals surface area contributed by atoms with Crippen molar-refractivity contribution in [2.45, 2.75) is 19.2 Å². The molecule has 2 rings (SSSR count). The lowest BCUT2D eigenvalue weighted by Gasteiger charge is -2.08. The lowest BCUT2D eigenvalue weighted by Crippen LogP contribution is -2.16. The number of halogens is 7. The van der Waals surface area contributed by atoms with Crippen LogP contribution in [0.2, 0.25) is 0 Å². The van der Waals surface area contributed by atoms with Gasteiger partial charge in [-0.1, -0.05) is 17.9 Å². The molecule has 8 heteroatoms. The van der Waals surface area contributed by atoms with E-state index < -0.39 is 46.5 Å². The first kappa shape index (κ1) is 20.4. The Morgan fingerprint density at radius 3 is 1.93 bits per heavy atom. The maximum atomic E-state index is 14.0. The van der Waals surface area contributed by atoms with Gasteiger partial charge in [-0.3, -0.25) is 0 Å². The number of ether oxygens (including phenoxy) is 1. The average molecular weight is 388 g/mol. The normalized spacial score (nSPS) is 10.9. The molecule has 0 fully saturated rings. The zero-order valence-corrected chi connectivity index (χ0v) is 13.6. The molecule has 0 aliphatic rings. The van der Waals surface area contributed by atoms with Crippen molar-refractivity contribution >= 4 is 0 Å². The van der Waals surface area contributed by atoms with Crippen LogP contribution in [-0.2, 0) is 6.42 Å². The number of allylic oxidation sites excluding steroid dienone is 1. The summed E-state index contributed by atoms with van der Waals surface area (Å²) in [5, 5.41) is 0. The van der Waals surface area contributed by atoms with Crippen LogP contribution in [0.15, 0.2) is 36.9 Å². The zero-order valence-electron chi connectivity index (χ0n) is 13.6. The summed E-state index contributed by atoms with van der Waals surface area (Å²) >= 11 is 0. The summed E-state index contributed by atoms with van der Waals surface area (Å²) in [5.74, 6) is -2.70. The second-order valence-electron chi connectivity index (χ2n) is 5.26. The highest BCUT2D eigenvalue weighted by Crippen LogP contribution is 2.25. The molecule has 0 aliphatic heterocycles. The molecule has 0 atom stereocenters. The molecule has 142 valence electrons. The molecule has 27 heavy (non-hydrogen) atoms. The third-order valence-corrected chi connectivity index (χ3v) is 3.37. The summed E-state index contributed by atoms with van der Waals surface area (Å²) in [6, 6.07) is 4.05. The minimum atomic E-state index is -4.87. The monoisotopic (exact) mass is 388 g/mol. The van der Waals surface area contributed by atoms with Crippen LogP contribution >= 0.6 is 0 Å². The van der Waals surface area contributed by atoms with Crippen molar-refractivity contribution in [3.05, 3.63) is 76.9 Å². The molecule has 0 saturated heterocycles. The Morgan fingerprint density at radius 2 is 1.44 bits per heavy atom. The van der Waals surface area contributed by atoms with Gasteiger partial charge >= 0.3 is 6.36 Å². The van der Waals surface area contributed by atoms with E-state index in [1.54, 1.807) is 0 Å². The van der Waals surface area contributed by atoms with Gasteiger partial charge in [0.15, 0.2) is 23.3 Å². The Hall–Kier alpha value is -2.95. The maximum Gasteiger partial charge on any atom is 0.573 e. The number of rotatable bonds is 4. The van der Waals surface area contributed by atoms with Crippen molar-refractivity contribution in [1.29, 1.82) is 0 Å². The highest BCUT2D eigenvalue weighted by atomic mass is 19.4. The van der Waals surface area contributed by atoms with E-state index >= 15 is 0 Å². The number of hydrogen-bond acceptors (Lipinski definition) is 1. The van der Waals surface area contributed by atoms with Gasteiger partial charge in [0.1, 0.15) is 11.3 Å². The Balaban J connectivity index is 2.35. The molecule has 0 unspecified atom stereocenters. The van der Waals surface area contributed by atoms with Crippen molar-refractivity contribution in [3.63, 3.8) is 0 Å². The minimum absolute atomic E-state index is 0.0554. The van der Waals surface area contributed by atoms with Crippen LogP contribution in [0.25, 0.3) is 0 Å². The Bertz CT molecular complexity index is 874. The van der Waals surface area contributed by atoms with Crippen molar-refractivity contribution in [3.8, 4) is 17.6 Å². The first-order valence-corrected chi connectivity index (χ1v) is 7.47. The lowest BCUT2D eigenvalue weighted by atomic mass is 10.0. The fourth-order valence-corrected chi connectivity index (χ4v) is 2.13. The first-order chi connectivity index (χ1) is 12.6. The molecule has 0 heterocycles. The average Bonchev–Trinajstić information content (AvgIpc) is 2.60. The van der Waals surface area contributed by atoms with Crippen molar-refractivity contribution in [2.75, 3.05) is 0 Å². The van der Waals surface area contributed by atoms with E-state index in [9.17, 15) is 30.7 Å². The topological polar surface area (TPSA) is 9.23 Å². The van der Waals surface area contributed by atoms with Gasteiger partial charge in [0.05, 0.1) is 0 Å². The highest BCUT2D eigenvalue weighted by molar-refractivity contribution is 5.47. The summed E-state index contributed by atoms with van der Waals surface area (Å²) < 4.78 is 95.9. The minimum Gasteiger partial charge on any atom is -0.406 e. The molecule has 0 N–H and O–H groups in total. The van der Waals surface area contributed by atoms with Gasteiger partial charge < -0.3 is 4.74 Å². The van der Waals surface area contributed by atoms with E-state index in [2.05, 4.69) is 17.2 Å². The van der Waals surface area contributed by atoms with E-state index in [4.69, 9.17) is 0 Å². The molecule has 0 aromatic heterocycles. The molecular weight excluding hydrogens is 377 g/mol. The smallest absolute Gasteiger partial charge is 0.406 e. The SMILES string of the molecule is C=CCCc1c(F)c(F)c(C#Cc2ccc(OC(F)(F)F)cc2)c(F)c1F. The van der Waals surface area contributed by atoms with Crippen LogP contribution in [-0.4, -0.2) is 6.36 Å². The molecule has 2 aromatic rings. The van der Waals surface area contributed by atoms with Gasteiger partial charge in [-0.15, -0.1) is 19.8 Å². The second-order valence-corrected chi connectivity index (χ2v) is 5.26. The maximum absolute atomic E-state index is 14.0. The van der Waals surface area contributed by atoms with Crippen LogP contribution in [0.5, 0.6) is 5.75 Å². The number of hydrogen-bond donors (Lipinski definition) is 0. The Kier molecular flexibility index (Phi) is 6.16. The first-order valence-electron chi connectivity index (χ1n) is 7.47. The molecule has 0 aliphatic carbocycles. The van der Waals surface area contributed by atoms with Crippen LogP contribution in [0.1, 0.15) is 23.1 Å². The molecule has 2 aromatic carbocycles. The zero-order chi connectivity index (χ0) is 20.2. The summed E-state index contributed by atoms with van der Waals surface area (Å²) in [4.78, 5) is 0. The van der Waals surface area contributed by atoms with Crippen LogP contribution in [0.4, 0.5) is 30.7 Å². The molecule has 0 spiro atoms. The number of alkyl halides is 3. The van der Waals surface area contributed by atoms with Gasteiger partial charge in [0, 0.05) is 11.1 Å². The van der Waals surface area contributed by atoms with Crippen molar-refractivity contribution < 1.29 is 35.5 Å². The van der Waals surface area contributed by atoms with E-state index in [0.29, 0.717) is 0 Å². The summed E-state index contributed by atoms with van der Waals surface area (Å²) in [6.07, 6.45) is -3.69. The van der Waals surface area contributed by atoms with Gasteiger partial charge in [-0.2, -0.15) is 0 Å². The van der Waals surface area contributed by atoms with Gasteiger partial charge in [0.2, 0.25) is 0 Å². The van der Waals surface area contributed by atoms with Crippen molar-refractivity contribution in [2.24, 2.45) is 0 Å². The van der Waals surface area contributed by atoms with Crippen LogP contribution in [0.3, 0.4) is 0 Å². The summed E-state index contributed by atoms with van der Waals surface area (Å²) in [6.45, 7) is 3.36. The van der Waals surface area contributed by atoms with Crippen LogP contribution < -0.4 is 4.74 Å². The van der Waals surface area contributed by atoms with E-state index in [1.165, 1.54) is 6.08 Å². The largest absolute Gasteiger partial charge is 0.573 e. The van der Waals surface area contributed by atoms with Gasteiger partial charge in [-0.25, -0.2) is 17.6 Å². The predicted molar refractivity (Wildman–Crippen MR) is 83.9 cm³/mol. The van der Waals surface area contributed by atoms with E-state index in [-0.39, 0.29) is 18.4 Å².